The number of rotatable bonds is 2. The zero-order chi connectivity index (χ0) is 12.5. The molecule has 0 radical (unpaired) electrons. The first-order valence-electron chi connectivity index (χ1n) is 6.31. The first-order chi connectivity index (χ1) is 7.98. The average Bonchev–Trinajstić information content (AvgIpc) is 2.28. The Balaban J connectivity index is 2.12. The van der Waals surface area contributed by atoms with Gasteiger partial charge in [0.25, 0.3) is 0 Å². The second kappa shape index (κ2) is 4.67. The summed E-state index contributed by atoms with van der Waals surface area (Å²) in [6, 6.07) is 8.42. The van der Waals surface area contributed by atoms with Gasteiger partial charge in [0, 0.05) is 24.8 Å². The third-order valence-corrected chi connectivity index (χ3v) is 3.46. The van der Waals surface area contributed by atoms with Crippen molar-refractivity contribution >= 4 is 5.69 Å². The molecule has 0 spiro atoms. The van der Waals surface area contributed by atoms with Crippen LogP contribution >= 0.6 is 0 Å². The normalized spacial score (nSPS) is 26.9. The van der Waals surface area contributed by atoms with Crippen molar-refractivity contribution in [2.75, 3.05) is 18.0 Å². The van der Waals surface area contributed by atoms with Gasteiger partial charge in [-0.1, -0.05) is 12.1 Å². The fourth-order valence-electron chi connectivity index (χ4n) is 2.43. The van der Waals surface area contributed by atoms with Gasteiger partial charge in [-0.3, -0.25) is 0 Å². The molecule has 1 fully saturated rings. The predicted octanol–water partition coefficient (Wildman–Crippen LogP) is 2.06. The highest BCUT2D eigenvalue weighted by Gasteiger charge is 2.28. The van der Waals surface area contributed by atoms with E-state index < -0.39 is 5.60 Å². The molecule has 2 atom stereocenters. The average molecular weight is 234 g/mol. The lowest BCUT2D eigenvalue weighted by molar-refractivity contribution is 0.0449. The smallest absolute Gasteiger partial charge is 0.0794 e. The van der Waals surface area contributed by atoms with Crippen molar-refractivity contribution in [2.45, 2.75) is 38.3 Å². The summed E-state index contributed by atoms with van der Waals surface area (Å²) >= 11 is 0. The van der Waals surface area contributed by atoms with Crippen LogP contribution in [0.1, 0.15) is 38.3 Å². The van der Waals surface area contributed by atoms with E-state index in [2.05, 4.69) is 29.2 Å². The molecule has 3 heteroatoms. The minimum Gasteiger partial charge on any atom is -0.388 e. The van der Waals surface area contributed by atoms with E-state index in [1.165, 1.54) is 5.69 Å². The number of piperidine rings is 1. The van der Waals surface area contributed by atoms with Gasteiger partial charge in [0.15, 0.2) is 0 Å². The van der Waals surface area contributed by atoms with Gasteiger partial charge in [0.05, 0.1) is 5.60 Å². The summed E-state index contributed by atoms with van der Waals surface area (Å²) in [4.78, 5) is 2.24. The zero-order valence-electron chi connectivity index (χ0n) is 10.7. The molecule has 3 N–H and O–H groups in total. The maximum atomic E-state index is 10.1. The van der Waals surface area contributed by atoms with Crippen LogP contribution in [0.2, 0.25) is 0 Å². The van der Waals surface area contributed by atoms with Crippen LogP contribution < -0.4 is 10.6 Å². The van der Waals surface area contributed by atoms with Crippen molar-refractivity contribution in [3.63, 3.8) is 0 Å². The van der Waals surface area contributed by atoms with Gasteiger partial charge < -0.3 is 15.7 Å². The minimum absolute atomic E-state index is 0.0773. The van der Waals surface area contributed by atoms with Crippen LogP contribution in [0, 0.1) is 0 Å². The van der Waals surface area contributed by atoms with Crippen LogP contribution in [0.25, 0.3) is 0 Å². The number of hydrogen-bond acceptors (Lipinski definition) is 3. The van der Waals surface area contributed by atoms with Crippen LogP contribution in [-0.4, -0.2) is 23.8 Å². The van der Waals surface area contributed by atoms with E-state index in [1.807, 2.05) is 13.8 Å². The van der Waals surface area contributed by atoms with E-state index in [9.17, 15) is 5.11 Å². The Morgan fingerprint density at radius 3 is 2.53 bits per heavy atom. The molecule has 2 unspecified atom stereocenters. The maximum Gasteiger partial charge on any atom is 0.0794 e. The first-order valence-corrected chi connectivity index (χ1v) is 6.31. The molecule has 0 bridgehead atoms. The summed E-state index contributed by atoms with van der Waals surface area (Å²) in [6.07, 6.45) is 1.93. The van der Waals surface area contributed by atoms with Crippen LogP contribution in [0.4, 0.5) is 5.69 Å². The highest BCUT2D eigenvalue weighted by molar-refractivity contribution is 5.48. The molecule has 0 amide bonds. The molecule has 1 aliphatic rings. The van der Waals surface area contributed by atoms with Gasteiger partial charge in [-0.2, -0.15) is 0 Å². The van der Waals surface area contributed by atoms with E-state index >= 15 is 0 Å². The van der Waals surface area contributed by atoms with Crippen molar-refractivity contribution in [3.8, 4) is 0 Å². The molecule has 1 aliphatic heterocycles. The highest BCUT2D eigenvalue weighted by Crippen LogP contribution is 2.26. The molecular formula is C14H22N2O. The number of β-amino-alcohol motifs (C(OH)–C–C–N with tert-alkyl or cyclic N) is 1. The number of nitrogens with zero attached hydrogens (tertiary/aromatic N) is 1. The van der Waals surface area contributed by atoms with Crippen LogP contribution in [0.3, 0.4) is 0 Å². The lowest BCUT2D eigenvalue weighted by atomic mass is 9.94. The maximum absolute atomic E-state index is 10.1. The first kappa shape index (κ1) is 12.4. The largest absolute Gasteiger partial charge is 0.388 e. The van der Waals surface area contributed by atoms with Gasteiger partial charge >= 0.3 is 0 Å². The molecule has 0 aliphatic carbocycles. The van der Waals surface area contributed by atoms with E-state index in [1.54, 1.807) is 0 Å². The standard InChI is InChI=1S/C14H22N2O/c1-11(15)12-4-6-13(7-5-12)16-9-3-8-14(2,17)10-16/h4-7,11,17H,3,8-10,15H2,1-2H3. The molecule has 94 valence electrons. The molecule has 1 heterocycles. The number of anilines is 1. The third-order valence-electron chi connectivity index (χ3n) is 3.46. The quantitative estimate of drug-likeness (QED) is 0.823. The Morgan fingerprint density at radius 2 is 2.00 bits per heavy atom. The SMILES string of the molecule is CC(N)c1ccc(N2CCCC(C)(O)C2)cc1. The highest BCUT2D eigenvalue weighted by atomic mass is 16.3. The lowest BCUT2D eigenvalue weighted by Crippen LogP contribution is -2.46. The van der Waals surface area contributed by atoms with Crippen molar-refractivity contribution in [1.82, 2.24) is 0 Å². The van der Waals surface area contributed by atoms with Crippen molar-refractivity contribution in [2.24, 2.45) is 5.73 Å². The third kappa shape index (κ3) is 2.99. The van der Waals surface area contributed by atoms with Gasteiger partial charge in [0.2, 0.25) is 0 Å². The topological polar surface area (TPSA) is 49.5 Å². The summed E-state index contributed by atoms with van der Waals surface area (Å²) in [5.74, 6) is 0. The number of nitrogens with two attached hydrogens (primary N) is 1. The molecule has 3 nitrogen and oxygen atoms in total. The Bertz CT molecular complexity index is 370. The van der Waals surface area contributed by atoms with Crippen molar-refractivity contribution in [1.29, 1.82) is 0 Å². The van der Waals surface area contributed by atoms with E-state index in [0.29, 0.717) is 6.54 Å². The Morgan fingerprint density at radius 1 is 1.35 bits per heavy atom. The molecule has 0 aromatic heterocycles. The molecular weight excluding hydrogens is 212 g/mol. The summed E-state index contributed by atoms with van der Waals surface area (Å²) in [6.45, 7) is 5.63. The monoisotopic (exact) mass is 234 g/mol. The van der Waals surface area contributed by atoms with Crippen molar-refractivity contribution < 1.29 is 5.11 Å². The summed E-state index contributed by atoms with van der Waals surface area (Å²) in [5.41, 5.74) is 7.60. The summed E-state index contributed by atoms with van der Waals surface area (Å²) in [5, 5.41) is 10.1. The molecule has 2 rings (SSSR count). The number of aliphatic hydroxyl groups is 1. The predicted molar refractivity (Wildman–Crippen MR) is 71.1 cm³/mol. The van der Waals surface area contributed by atoms with E-state index in [4.69, 9.17) is 5.73 Å². The zero-order valence-corrected chi connectivity index (χ0v) is 10.7. The molecule has 17 heavy (non-hydrogen) atoms. The van der Waals surface area contributed by atoms with Gasteiger partial charge in [-0.15, -0.1) is 0 Å². The van der Waals surface area contributed by atoms with Gasteiger partial charge in [-0.05, 0) is 44.4 Å². The fourth-order valence-corrected chi connectivity index (χ4v) is 2.43. The Hall–Kier alpha value is -1.06. The molecule has 1 aromatic carbocycles. The van der Waals surface area contributed by atoms with Crippen molar-refractivity contribution in [3.05, 3.63) is 29.8 Å². The van der Waals surface area contributed by atoms with Gasteiger partial charge in [0.1, 0.15) is 0 Å². The van der Waals surface area contributed by atoms with Crippen LogP contribution in [0.5, 0.6) is 0 Å². The Labute approximate surface area is 103 Å². The Kier molecular flexibility index (Phi) is 3.40. The summed E-state index contributed by atoms with van der Waals surface area (Å²) in [7, 11) is 0. The van der Waals surface area contributed by atoms with Gasteiger partial charge in [-0.25, -0.2) is 0 Å². The van der Waals surface area contributed by atoms with E-state index in [0.717, 1.165) is 24.9 Å². The van der Waals surface area contributed by atoms with E-state index in [-0.39, 0.29) is 6.04 Å². The number of hydrogen-bond donors (Lipinski definition) is 2. The molecule has 0 saturated carbocycles. The molecule has 1 saturated heterocycles. The van der Waals surface area contributed by atoms with Crippen LogP contribution in [-0.2, 0) is 0 Å². The minimum atomic E-state index is -0.557. The number of benzene rings is 1. The summed E-state index contributed by atoms with van der Waals surface area (Å²) < 4.78 is 0. The van der Waals surface area contributed by atoms with Crippen LogP contribution in [0.15, 0.2) is 24.3 Å². The lowest BCUT2D eigenvalue weighted by Gasteiger charge is -2.38. The second-order valence-electron chi connectivity index (χ2n) is 5.40. The second-order valence-corrected chi connectivity index (χ2v) is 5.40. The fraction of sp³-hybridized carbons (Fsp3) is 0.571. The molecule has 1 aromatic rings.